The Labute approximate surface area is 194 Å². The Morgan fingerprint density at radius 3 is 2.47 bits per heavy atom. The number of nitrogens with zero attached hydrogens (tertiary/aromatic N) is 5. The van der Waals surface area contributed by atoms with Crippen LogP contribution in [0.2, 0.25) is 5.02 Å². The quantitative estimate of drug-likeness (QED) is 0.428. The fourth-order valence-corrected chi connectivity index (χ4v) is 4.81. The first kappa shape index (κ1) is 24.8. The van der Waals surface area contributed by atoms with Crippen molar-refractivity contribution in [1.29, 1.82) is 0 Å². The number of halogens is 1. The highest BCUT2D eigenvalue weighted by Gasteiger charge is 2.44. The molecule has 0 amide bonds. The molecule has 0 spiro atoms. The van der Waals surface area contributed by atoms with Crippen molar-refractivity contribution in [3.8, 4) is 0 Å². The molecule has 0 aromatic carbocycles. The number of methoxy groups -OCH3 is 2. The van der Waals surface area contributed by atoms with Gasteiger partial charge < -0.3 is 9.47 Å². The average molecular weight is 487 g/mol. The Kier molecular flexibility index (Phi) is 8.07. The summed E-state index contributed by atoms with van der Waals surface area (Å²) in [5.41, 5.74) is -0.174. The highest BCUT2D eigenvalue weighted by molar-refractivity contribution is 7.93. The SMILES string of the molecule is COCCCCCc1nnc(NS(=O)(=O)C(C)C(OC)c2ncc(Cl)cn2)n1C1(C)CC1. The van der Waals surface area contributed by atoms with Crippen molar-refractivity contribution >= 4 is 27.6 Å². The standard InChI is InChI=1S/C20H31ClN6O4S/c1-14(17(31-4)18-22-12-15(21)13-23-18)32(28,29)26-19-25-24-16(8-6-5-7-11-30-3)27(19)20(2)9-10-20/h12-14,17H,5-11H2,1-4H3,(H,25,26). The van der Waals surface area contributed by atoms with Gasteiger partial charge in [-0.05, 0) is 39.5 Å². The van der Waals surface area contributed by atoms with Crippen LogP contribution in [0.25, 0.3) is 0 Å². The minimum absolute atomic E-state index is 0.174. The van der Waals surface area contributed by atoms with Crippen LogP contribution >= 0.6 is 11.6 Å². The molecule has 1 aliphatic carbocycles. The first-order valence-electron chi connectivity index (χ1n) is 10.7. The van der Waals surface area contributed by atoms with Gasteiger partial charge >= 0.3 is 0 Å². The van der Waals surface area contributed by atoms with Crippen molar-refractivity contribution in [2.75, 3.05) is 25.5 Å². The van der Waals surface area contributed by atoms with Gasteiger partial charge in [-0.3, -0.25) is 9.29 Å². The molecule has 0 radical (unpaired) electrons. The Hall–Kier alpha value is -1.82. The van der Waals surface area contributed by atoms with Crippen LogP contribution in [-0.2, 0) is 31.5 Å². The van der Waals surface area contributed by atoms with Crippen LogP contribution in [0, 0.1) is 0 Å². The molecule has 2 atom stereocenters. The summed E-state index contributed by atoms with van der Waals surface area (Å²) in [5, 5.41) is 7.86. The van der Waals surface area contributed by atoms with E-state index in [1.54, 1.807) is 14.0 Å². The van der Waals surface area contributed by atoms with Gasteiger partial charge in [0, 0.05) is 45.2 Å². The fourth-order valence-electron chi connectivity index (χ4n) is 3.58. The van der Waals surface area contributed by atoms with Gasteiger partial charge in [0.25, 0.3) is 0 Å². The molecule has 178 valence electrons. The van der Waals surface area contributed by atoms with E-state index in [0.29, 0.717) is 5.02 Å². The maximum atomic E-state index is 13.2. The molecule has 0 bridgehead atoms. The summed E-state index contributed by atoms with van der Waals surface area (Å²) in [7, 11) is -0.773. The molecule has 2 heterocycles. The third-order valence-electron chi connectivity index (χ3n) is 5.79. The maximum Gasteiger partial charge on any atom is 0.240 e. The number of aromatic nitrogens is 5. The predicted molar refractivity (Wildman–Crippen MR) is 121 cm³/mol. The van der Waals surface area contributed by atoms with E-state index in [4.69, 9.17) is 21.1 Å². The van der Waals surface area contributed by atoms with Gasteiger partial charge in [-0.1, -0.05) is 18.0 Å². The highest BCUT2D eigenvalue weighted by Crippen LogP contribution is 2.45. The second-order valence-corrected chi connectivity index (χ2v) is 10.8. The van der Waals surface area contributed by atoms with E-state index in [2.05, 4.69) is 31.8 Å². The lowest BCUT2D eigenvalue weighted by Gasteiger charge is -2.23. The van der Waals surface area contributed by atoms with E-state index < -0.39 is 21.4 Å². The molecular formula is C20H31ClN6O4S. The maximum absolute atomic E-state index is 13.2. The topological polar surface area (TPSA) is 121 Å². The van der Waals surface area contributed by atoms with Gasteiger partial charge in [-0.2, -0.15) is 0 Å². The second-order valence-electron chi connectivity index (χ2n) is 8.34. The van der Waals surface area contributed by atoms with E-state index in [0.717, 1.165) is 51.0 Å². The molecule has 32 heavy (non-hydrogen) atoms. The average Bonchev–Trinajstić information content (AvgIpc) is 3.37. The van der Waals surface area contributed by atoms with Crippen molar-refractivity contribution in [3.05, 3.63) is 29.1 Å². The Bertz CT molecular complexity index is 994. The van der Waals surface area contributed by atoms with Crippen molar-refractivity contribution in [2.24, 2.45) is 0 Å². The number of sulfonamides is 1. The Morgan fingerprint density at radius 2 is 1.88 bits per heavy atom. The summed E-state index contributed by atoms with van der Waals surface area (Å²) in [4.78, 5) is 8.23. The molecule has 1 N–H and O–H groups in total. The molecule has 10 nitrogen and oxygen atoms in total. The lowest BCUT2D eigenvalue weighted by atomic mass is 10.2. The summed E-state index contributed by atoms with van der Waals surface area (Å²) in [6, 6.07) is 0. The zero-order chi connectivity index (χ0) is 23.4. The fraction of sp³-hybridized carbons (Fsp3) is 0.700. The van der Waals surface area contributed by atoms with Crippen LogP contribution in [0.4, 0.5) is 5.95 Å². The van der Waals surface area contributed by atoms with E-state index in [-0.39, 0.29) is 17.3 Å². The number of unbranched alkanes of at least 4 members (excludes halogenated alkanes) is 2. The molecule has 0 aliphatic heterocycles. The highest BCUT2D eigenvalue weighted by atomic mass is 35.5. The van der Waals surface area contributed by atoms with E-state index in [9.17, 15) is 8.42 Å². The monoisotopic (exact) mass is 486 g/mol. The molecule has 1 fully saturated rings. The summed E-state index contributed by atoms with van der Waals surface area (Å²) in [6.07, 6.45) is 7.48. The minimum atomic E-state index is -3.88. The molecule has 2 aromatic heterocycles. The first-order chi connectivity index (χ1) is 15.2. The number of anilines is 1. The van der Waals surface area contributed by atoms with Crippen LogP contribution in [0.15, 0.2) is 12.4 Å². The van der Waals surface area contributed by atoms with E-state index in [1.165, 1.54) is 19.5 Å². The van der Waals surface area contributed by atoms with Crippen LogP contribution in [0.3, 0.4) is 0 Å². The Morgan fingerprint density at radius 1 is 1.19 bits per heavy atom. The number of hydrogen-bond acceptors (Lipinski definition) is 8. The van der Waals surface area contributed by atoms with Gasteiger partial charge in [0.2, 0.25) is 16.0 Å². The zero-order valence-electron chi connectivity index (χ0n) is 18.9. The molecular weight excluding hydrogens is 456 g/mol. The van der Waals surface area contributed by atoms with Crippen molar-refractivity contribution < 1.29 is 17.9 Å². The number of hydrogen-bond donors (Lipinski definition) is 1. The number of nitrogens with one attached hydrogen (secondary N) is 1. The molecule has 12 heteroatoms. The largest absolute Gasteiger partial charge is 0.385 e. The van der Waals surface area contributed by atoms with Crippen molar-refractivity contribution in [2.45, 2.75) is 69.3 Å². The third kappa shape index (κ3) is 5.75. The lowest BCUT2D eigenvalue weighted by molar-refractivity contribution is 0.0950. The lowest BCUT2D eigenvalue weighted by Crippen LogP contribution is -2.34. The summed E-state index contributed by atoms with van der Waals surface area (Å²) in [5.74, 6) is 1.26. The van der Waals surface area contributed by atoms with Gasteiger partial charge in [-0.15, -0.1) is 10.2 Å². The van der Waals surface area contributed by atoms with Crippen LogP contribution < -0.4 is 4.72 Å². The van der Waals surface area contributed by atoms with Gasteiger partial charge in [0.15, 0.2) is 5.82 Å². The minimum Gasteiger partial charge on any atom is -0.385 e. The van der Waals surface area contributed by atoms with Crippen LogP contribution in [0.1, 0.15) is 63.7 Å². The van der Waals surface area contributed by atoms with E-state index in [1.807, 2.05) is 4.57 Å². The Balaban J connectivity index is 1.78. The molecule has 2 unspecified atom stereocenters. The van der Waals surface area contributed by atoms with Gasteiger partial charge in [0.1, 0.15) is 17.2 Å². The smallest absolute Gasteiger partial charge is 0.240 e. The van der Waals surface area contributed by atoms with Crippen LogP contribution in [0.5, 0.6) is 0 Å². The summed E-state index contributed by atoms with van der Waals surface area (Å²) < 4.78 is 41.5. The number of ether oxygens (including phenoxy) is 2. The number of rotatable bonds is 13. The molecule has 3 rings (SSSR count). The number of aryl methyl sites for hydroxylation is 1. The van der Waals surface area contributed by atoms with Crippen molar-refractivity contribution in [1.82, 2.24) is 24.7 Å². The van der Waals surface area contributed by atoms with E-state index >= 15 is 0 Å². The van der Waals surface area contributed by atoms with Gasteiger partial charge in [-0.25, -0.2) is 18.4 Å². The second kappa shape index (κ2) is 10.4. The molecule has 1 saturated carbocycles. The summed E-state index contributed by atoms with van der Waals surface area (Å²) >= 11 is 5.85. The third-order valence-corrected chi connectivity index (χ3v) is 7.68. The van der Waals surface area contributed by atoms with Gasteiger partial charge in [0.05, 0.1) is 5.02 Å². The zero-order valence-corrected chi connectivity index (χ0v) is 20.5. The van der Waals surface area contributed by atoms with Crippen LogP contribution in [-0.4, -0.2) is 59.2 Å². The molecule has 0 saturated heterocycles. The molecule has 1 aliphatic rings. The predicted octanol–water partition coefficient (Wildman–Crippen LogP) is 3.11. The van der Waals surface area contributed by atoms with Crippen molar-refractivity contribution in [3.63, 3.8) is 0 Å². The first-order valence-corrected chi connectivity index (χ1v) is 12.6. The summed E-state index contributed by atoms with van der Waals surface area (Å²) in [6.45, 7) is 4.36. The molecule has 2 aromatic rings. The normalized spacial score (nSPS) is 17.2.